The Morgan fingerprint density at radius 1 is 0.792 bits per heavy atom. The zero-order valence-electron chi connectivity index (χ0n) is 15.9. The molecular formula is C18H34O6. The first-order valence-corrected chi connectivity index (χ1v) is 8.63. The van der Waals surface area contributed by atoms with Crippen molar-refractivity contribution in [1.82, 2.24) is 0 Å². The first-order valence-electron chi connectivity index (χ1n) is 8.63. The summed E-state index contributed by atoms with van der Waals surface area (Å²) in [5, 5.41) is 18.7. The van der Waals surface area contributed by atoms with E-state index in [1.807, 2.05) is 0 Å². The number of hydrogen-bond donors (Lipinski definition) is 2. The van der Waals surface area contributed by atoms with Gasteiger partial charge >= 0.3 is 11.9 Å². The average Bonchev–Trinajstić information content (AvgIpc) is 2.29. The van der Waals surface area contributed by atoms with Crippen molar-refractivity contribution in [1.29, 1.82) is 0 Å². The first-order chi connectivity index (χ1) is 10.8. The van der Waals surface area contributed by atoms with Crippen LogP contribution in [-0.2, 0) is 19.1 Å². The lowest BCUT2D eigenvalue weighted by Crippen LogP contribution is -2.32. The molecule has 0 aliphatic rings. The Morgan fingerprint density at radius 2 is 1.08 bits per heavy atom. The molecular weight excluding hydrogens is 312 g/mol. The van der Waals surface area contributed by atoms with Gasteiger partial charge in [0.25, 0.3) is 0 Å². The van der Waals surface area contributed by atoms with Crippen LogP contribution in [0.4, 0.5) is 0 Å². The van der Waals surface area contributed by atoms with Gasteiger partial charge in [-0.3, -0.25) is 9.59 Å². The summed E-state index contributed by atoms with van der Waals surface area (Å²) in [6.45, 7) is 10.4. The van der Waals surface area contributed by atoms with E-state index in [0.29, 0.717) is 25.7 Å². The summed E-state index contributed by atoms with van der Waals surface area (Å²) in [4.78, 5) is 23.6. The van der Waals surface area contributed by atoms with E-state index in [4.69, 9.17) is 9.47 Å². The molecule has 0 rings (SSSR count). The van der Waals surface area contributed by atoms with E-state index in [1.165, 1.54) is 0 Å². The van der Waals surface area contributed by atoms with Crippen molar-refractivity contribution in [3.8, 4) is 0 Å². The van der Waals surface area contributed by atoms with E-state index in [0.717, 1.165) is 0 Å². The predicted octanol–water partition coefficient (Wildman–Crippen LogP) is 2.73. The molecule has 0 amide bonds. The normalized spacial score (nSPS) is 14.8. The molecule has 0 saturated carbocycles. The summed E-state index contributed by atoms with van der Waals surface area (Å²) in [6.07, 6.45) is 1.22. The Labute approximate surface area is 145 Å². The minimum absolute atomic E-state index is 0.230. The lowest BCUT2D eigenvalue weighted by atomic mass is 10.0. The van der Waals surface area contributed by atoms with Crippen LogP contribution >= 0.6 is 0 Å². The predicted molar refractivity (Wildman–Crippen MR) is 91.4 cm³/mol. The van der Waals surface area contributed by atoms with Gasteiger partial charge in [0.1, 0.15) is 11.2 Å². The van der Waals surface area contributed by atoms with E-state index in [9.17, 15) is 19.8 Å². The van der Waals surface area contributed by atoms with E-state index in [2.05, 4.69) is 0 Å². The Balaban J connectivity index is 4.00. The highest BCUT2D eigenvalue weighted by molar-refractivity contribution is 5.71. The molecule has 0 aliphatic carbocycles. The van der Waals surface area contributed by atoms with Gasteiger partial charge in [-0.2, -0.15) is 0 Å². The number of carbonyl (C=O) groups excluding carboxylic acids is 2. The van der Waals surface area contributed by atoms with Gasteiger partial charge in [0, 0.05) is 25.7 Å². The molecule has 0 aromatic heterocycles. The molecule has 0 heterocycles. The lowest BCUT2D eigenvalue weighted by Gasteiger charge is -2.27. The molecule has 0 bridgehead atoms. The SMILES string of the molecule is CC(O)CC(C)(C)OC(=O)CCCCC(=O)OC(C)(C)CC(C)O. The molecule has 6 nitrogen and oxygen atoms in total. The molecule has 0 aromatic carbocycles. The third kappa shape index (κ3) is 12.3. The number of esters is 2. The number of rotatable bonds is 11. The smallest absolute Gasteiger partial charge is 0.306 e. The number of carbonyl (C=O) groups is 2. The van der Waals surface area contributed by atoms with Crippen molar-refractivity contribution in [2.75, 3.05) is 0 Å². The molecule has 0 spiro atoms. The molecule has 0 aliphatic heterocycles. The van der Waals surface area contributed by atoms with Gasteiger partial charge in [-0.15, -0.1) is 0 Å². The third-order valence-corrected chi connectivity index (χ3v) is 3.37. The molecule has 0 radical (unpaired) electrons. The topological polar surface area (TPSA) is 93.1 Å². The monoisotopic (exact) mass is 346 g/mol. The molecule has 24 heavy (non-hydrogen) atoms. The largest absolute Gasteiger partial charge is 0.460 e. The molecule has 6 heteroatoms. The minimum Gasteiger partial charge on any atom is -0.460 e. The number of aliphatic hydroxyl groups is 2. The standard InChI is InChI=1S/C18H34O6/c1-13(19)11-17(3,4)23-15(21)9-7-8-10-16(22)24-18(5,6)12-14(2)20/h13-14,19-20H,7-12H2,1-6H3. The Kier molecular flexibility index (Phi) is 9.51. The maximum Gasteiger partial charge on any atom is 0.306 e. The number of ether oxygens (including phenoxy) is 2. The Bertz CT molecular complexity index is 360. The number of aliphatic hydroxyl groups excluding tert-OH is 2. The lowest BCUT2D eigenvalue weighted by molar-refractivity contribution is -0.161. The number of unbranched alkanes of at least 4 members (excludes halogenated alkanes) is 1. The van der Waals surface area contributed by atoms with Gasteiger partial charge < -0.3 is 19.7 Å². The van der Waals surface area contributed by atoms with Crippen LogP contribution in [0.25, 0.3) is 0 Å². The fourth-order valence-corrected chi connectivity index (χ4v) is 2.76. The van der Waals surface area contributed by atoms with Crippen molar-refractivity contribution >= 4 is 11.9 Å². The van der Waals surface area contributed by atoms with Crippen LogP contribution in [0, 0.1) is 0 Å². The third-order valence-electron chi connectivity index (χ3n) is 3.37. The van der Waals surface area contributed by atoms with Crippen LogP contribution in [0.1, 0.15) is 80.1 Å². The summed E-state index contributed by atoms with van der Waals surface area (Å²) in [5.41, 5.74) is -1.40. The fraction of sp³-hybridized carbons (Fsp3) is 0.889. The molecule has 0 aromatic rings. The second kappa shape index (κ2) is 9.99. The van der Waals surface area contributed by atoms with Crippen LogP contribution in [-0.4, -0.2) is 45.6 Å². The zero-order chi connectivity index (χ0) is 19.0. The van der Waals surface area contributed by atoms with Crippen molar-refractivity contribution in [2.45, 2.75) is 103 Å². The van der Waals surface area contributed by atoms with E-state index in [-0.39, 0.29) is 24.8 Å². The van der Waals surface area contributed by atoms with E-state index < -0.39 is 23.4 Å². The van der Waals surface area contributed by atoms with Gasteiger partial charge in [0.2, 0.25) is 0 Å². The molecule has 2 unspecified atom stereocenters. The summed E-state index contributed by atoms with van der Waals surface area (Å²) >= 11 is 0. The quantitative estimate of drug-likeness (QED) is 0.441. The van der Waals surface area contributed by atoms with Crippen LogP contribution in [0.5, 0.6) is 0 Å². The van der Waals surface area contributed by atoms with Crippen molar-refractivity contribution in [3.63, 3.8) is 0 Å². The van der Waals surface area contributed by atoms with Crippen LogP contribution < -0.4 is 0 Å². The van der Waals surface area contributed by atoms with Crippen LogP contribution in [0.3, 0.4) is 0 Å². The van der Waals surface area contributed by atoms with E-state index >= 15 is 0 Å². The summed E-state index contributed by atoms with van der Waals surface area (Å²) < 4.78 is 10.7. The first kappa shape index (κ1) is 22.9. The number of hydrogen-bond acceptors (Lipinski definition) is 6. The summed E-state index contributed by atoms with van der Waals surface area (Å²) in [6, 6.07) is 0. The average molecular weight is 346 g/mol. The van der Waals surface area contributed by atoms with Crippen LogP contribution in [0.15, 0.2) is 0 Å². The Morgan fingerprint density at radius 3 is 1.33 bits per heavy atom. The van der Waals surface area contributed by atoms with Crippen molar-refractivity contribution in [2.24, 2.45) is 0 Å². The second-order valence-corrected chi connectivity index (χ2v) is 7.78. The van der Waals surface area contributed by atoms with Gasteiger partial charge in [-0.1, -0.05) is 0 Å². The Hall–Kier alpha value is -1.14. The summed E-state index contributed by atoms with van der Waals surface area (Å²) in [5.74, 6) is -0.660. The molecule has 0 fully saturated rings. The van der Waals surface area contributed by atoms with E-state index in [1.54, 1.807) is 41.5 Å². The zero-order valence-corrected chi connectivity index (χ0v) is 15.9. The van der Waals surface area contributed by atoms with Crippen LogP contribution in [0.2, 0.25) is 0 Å². The molecule has 2 atom stereocenters. The van der Waals surface area contributed by atoms with Gasteiger partial charge in [0.05, 0.1) is 12.2 Å². The van der Waals surface area contributed by atoms with Crippen molar-refractivity contribution < 1.29 is 29.3 Å². The van der Waals surface area contributed by atoms with Gasteiger partial charge in [-0.25, -0.2) is 0 Å². The van der Waals surface area contributed by atoms with Gasteiger partial charge in [0.15, 0.2) is 0 Å². The highest BCUT2D eigenvalue weighted by atomic mass is 16.6. The fourth-order valence-electron chi connectivity index (χ4n) is 2.76. The maximum atomic E-state index is 11.8. The maximum absolute atomic E-state index is 11.8. The van der Waals surface area contributed by atoms with Crippen molar-refractivity contribution in [3.05, 3.63) is 0 Å². The molecule has 2 N–H and O–H groups in total. The second-order valence-electron chi connectivity index (χ2n) is 7.78. The minimum atomic E-state index is -0.699. The highest BCUT2D eigenvalue weighted by Gasteiger charge is 2.26. The molecule has 0 saturated heterocycles. The molecule has 142 valence electrons. The summed E-state index contributed by atoms with van der Waals surface area (Å²) in [7, 11) is 0. The van der Waals surface area contributed by atoms with Gasteiger partial charge in [-0.05, 0) is 54.4 Å². The highest BCUT2D eigenvalue weighted by Crippen LogP contribution is 2.20.